The van der Waals surface area contributed by atoms with Crippen LogP contribution >= 0.6 is 0 Å². The van der Waals surface area contributed by atoms with Gasteiger partial charge in [0.1, 0.15) is 6.04 Å². The SMILES string of the molecule is CC(C)[C@@H]1C(=O)OCCCCC[C@@]2(O)c3ccccc3C(=O)N12. The number of nitrogens with zero attached hydrogens (tertiary/aromatic N) is 1. The summed E-state index contributed by atoms with van der Waals surface area (Å²) in [7, 11) is 0. The van der Waals surface area contributed by atoms with Gasteiger partial charge < -0.3 is 9.84 Å². The van der Waals surface area contributed by atoms with E-state index in [0.717, 1.165) is 19.3 Å². The number of aliphatic hydroxyl groups is 1. The van der Waals surface area contributed by atoms with Crippen LogP contribution < -0.4 is 0 Å². The van der Waals surface area contributed by atoms with E-state index in [1.54, 1.807) is 18.2 Å². The van der Waals surface area contributed by atoms with Crippen LogP contribution in [0.2, 0.25) is 0 Å². The van der Waals surface area contributed by atoms with E-state index in [1.165, 1.54) is 4.90 Å². The molecule has 2 atom stereocenters. The first-order valence-corrected chi connectivity index (χ1v) is 8.29. The van der Waals surface area contributed by atoms with E-state index >= 15 is 0 Å². The lowest BCUT2D eigenvalue weighted by molar-refractivity contribution is -0.168. The quantitative estimate of drug-likeness (QED) is 0.808. The fraction of sp³-hybridized carbons (Fsp3) is 0.556. The number of esters is 1. The Hall–Kier alpha value is -1.88. The monoisotopic (exact) mass is 317 g/mol. The van der Waals surface area contributed by atoms with Gasteiger partial charge in [-0.1, -0.05) is 32.0 Å². The van der Waals surface area contributed by atoms with Gasteiger partial charge in [-0.15, -0.1) is 0 Å². The molecule has 2 heterocycles. The molecule has 124 valence electrons. The molecule has 2 aliphatic rings. The molecule has 1 aromatic carbocycles. The molecular formula is C18H23NO4. The minimum atomic E-state index is -1.43. The number of hydrogen-bond acceptors (Lipinski definition) is 4. The second-order valence-corrected chi connectivity index (χ2v) is 6.70. The summed E-state index contributed by atoms with van der Waals surface area (Å²) < 4.78 is 5.35. The number of fused-ring (bicyclic) bond motifs is 3. The van der Waals surface area contributed by atoms with Gasteiger partial charge in [-0.05, 0) is 37.7 Å². The van der Waals surface area contributed by atoms with Crippen LogP contribution in [0.15, 0.2) is 24.3 Å². The maximum Gasteiger partial charge on any atom is 0.329 e. The molecule has 0 aliphatic carbocycles. The molecule has 0 bridgehead atoms. The standard InChI is InChI=1S/C18H23NO4/c1-12(2)15-17(21)23-11-7-3-6-10-18(22)14-9-5-4-8-13(14)16(20)19(15)18/h4-5,8-9,12,15,22H,3,6-7,10-11H2,1-2H3/t15-,18-/m1/s1. The number of carbonyl (C=O) groups is 2. The van der Waals surface area contributed by atoms with Crippen molar-refractivity contribution in [2.24, 2.45) is 5.92 Å². The Morgan fingerprint density at radius 2 is 1.96 bits per heavy atom. The number of cyclic esters (lactones) is 1. The van der Waals surface area contributed by atoms with Gasteiger partial charge in [0.2, 0.25) is 0 Å². The Morgan fingerprint density at radius 1 is 1.22 bits per heavy atom. The lowest BCUT2D eigenvalue weighted by Gasteiger charge is -2.41. The maximum absolute atomic E-state index is 12.9. The molecule has 5 nitrogen and oxygen atoms in total. The Labute approximate surface area is 136 Å². The number of benzene rings is 1. The minimum absolute atomic E-state index is 0.147. The van der Waals surface area contributed by atoms with E-state index in [-0.39, 0.29) is 11.8 Å². The first-order chi connectivity index (χ1) is 11.0. The fourth-order valence-electron chi connectivity index (χ4n) is 3.64. The van der Waals surface area contributed by atoms with Gasteiger partial charge in [0.15, 0.2) is 5.72 Å². The zero-order valence-electron chi connectivity index (χ0n) is 13.6. The van der Waals surface area contributed by atoms with Crippen LogP contribution in [0, 0.1) is 5.92 Å². The molecular weight excluding hydrogens is 294 g/mol. The first kappa shape index (κ1) is 16.0. The molecule has 1 saturated heterocycles. The summed E-state index contributed by atoms with van der Waals surface area (Å²) in [6.07, 6.45) is 2.84. The molecule has 0 unspecified atom stereocenters. The third-order valence-electron chi connectivity index (χ3n) is 4.77. The number of carbonyl (C=O) groups excluding carboxylic acids is 2. The first-order valence-electron chi connectivity index (χ1n) is 8.29. The highest BCUT2D eigenvalue weighted by Gasteiger charge is 2.53. The summed E-state index contributed by atoms with van der Waals surface area (Å²) in [5.74, 6) is -0.868. The number of rotatable bonds is 1. The largest absolute Gasteiger partial charge is 0.464 e. The summed E-state index contributed by atoms with van der Waals surface area (Å²) >= 11 is 0. The second-order valence-electron chi connectivity index (χ2n) is 6.70. The second kappa shape index (κ2) is 5.96. The Morgan fingerprint density at radius 3 is 2.70 bits per heavy atom. The normalized spacial score (nSPS) is 28.3. The predicted molar refractivity (Wildman–Crippen MR) is 84.6 cm³/mol. The van der Waals surface area contributed by atoms with Crippen molar-refractivity contribution in [1.82, 2.24) is 4.90 Å². The van der Waals surface area contributed by atoms with E-state index in [9.17, 15) is 14.7 Å². The predicted octanol–water partition coefficient (Wildman–Crippen LogP) is 2.43. The highest BCUT2D eigenvalue weighted by atomic mass is 16.5. The molecule has 23 heavy (non-hydrogen) atoms. The van der Waals surface area contributed by atoms with E-state index in [1.807, 2.05) is 19.9 Å². The van der Waals surface area contributed by atoms with Gasteiger partial charge >= 0.3 is 5.97 Å². The van der Waals surface area contributed by atoms with Gasteiger partial charge in [-0.25, -0.2) is 4.79 Å². The molecule has 0 saturated carbocycles. The fourth-order valence-corrected chi connectivity index (χ4v) is 3.64. The molecule has 0 spiro atoms. The Balaban J connectivity index is 2.12. The van der Waals surface area contributed by atoms with E-state index < -0.39 is 17.7 Å². The molecule has 1 aromatic rings. The summed E-state index contributed by atoms with van der Waals surface area (Å²) in [5, 5.41) is 11.4. The van der Waals surface area contributed by atoms with Gasteiger partial charge in [0.25, 0.3) is 5.91 Å². The van der Waals surface area contributed by atoms with Gasteiger partial charge in [-0.3, -0.25) is 9.69 Å². The van der Waals surface area contributed by atoms with Crippen LogP contribution in [0.3, 0.4) is 0 Å². The number of amides is 1. The number of ether oxygens (including phenoxy) is 1. The van der Waals surface area contributed by atoms with Crippen LogP contribution in [0.4, 0.5) is 0 Å². The van der Waals surface area contributed by atoms with E-state index in [4.69, 9.17) is 4.74 Å². The van der Waals surface area contributed by atoms with Crippen molar-refractivity contribution < 1.29 is 19.4 Å². The van der Waals surface area contributed by atoms with Crippen molar-refractivity contribution in [3.63, 3.8) is 0 Å². The minimum Gasteiger partial charge on any atom is -0.464 e. The molecule has 1 amide bonds. The zero-order chi connectivity index (χ0) is 16.6. The van der Waals surface area contributed by atoms with Crippen molar-refractivity contribution in [3.05, 3.63) is 35.4 Å². The van der Waals surface area contributed by atoms with Crippen LogP contribution in [-0.2, 0) is 15.3 Å². The maximum atomic E-state index is 12.9. The smallest absolute Gasteiger partial charge is 0.329 e. The van der Waals surface area contributed by atoms with Crippen molar-refractivity contribution in [3.8, 4) is 0 Å². The highest BCUT2D eigenvalue weighted by molar-refractivity contribution is 6.02. The zero-order valence-corrected chi connectivity index (χ0v) is 13.6. The van der Waals surface area contributed by atoms with Crippen LogP contribution in [0.5, 0.6) is 0 Å². The van der Waals surface area contributed by atoms with Crippen molar-refractivity contribution in [2.75, 3.05) is 6.61 Å². The van der Waals surface area contributed by atoms with Crippen molar-refractivity contribution in [2.45, 2.75) is 51.3 Å². The lowest BCUT2D eigenvalue weighted by Crippen LogP contribution is -2.55. The highest BCUT2D eigenvalue weighted by Crippen LogP contribution is 2.43. The van der Waals surface area contributed by atoms with Gasteiger partial charge in [-0.2, -0.15) is 0 Å². The van der Waals surface area contributed by atoms with E-state index in [2.05, 4.69) is 0 Å². The third kappa shape index (κ3) is 2.53. The van der Waals surface area contributed by atoms with Gasteiger partial charge in [0.05, 0.1) is 6.61 Å². The van der Waals surface area contributed by atoms with Crippen LogP contribution in [0.25, 0.3) is 0 Å². The average molecular weight is 317 g/mol. The summed E-state index contributed by atoms with van der Waals surface area (Å²) in [6, 6.07) is 6.31. The lowest BCUT2D eigenvalue weighted by atomic mass is 9.92. The molecule has 0 radical (unpaired) electrons. The van der Waals surface area contributed by atoms with Gasteiger partial charge in [0, 0.05) is 11.1 Å². The average Bonchev–Trinajstić information content (AvgIpc) is 2.74. The van der Waals surface area contributed by atoms with E-state index in [0.29, 0.717) is 24.2 Å². The topological polar surface area (TPSA) is 66.8 Å². The van der Waals surface area contributed by atoms with Crippen molar-refractivity contribution >= 4 is 11.9 Å². The molecule has 5 heteroatoms. The Bertz CT molecular complexity index is 627. The third-order valence-corrected chi connectivity index (χ3v) is 4.77. The molecule has 2 aliphatic heterocycles. The van der Waals surface area contributed by atoms with Crippen molar-refractivity contribution in [1.29, 1.82) is 0 Å². The summed E-state index contributed by atoms with van der Waals surface area (Å²) in [6.45, 7) is 4.11. The molecule has 1 N–H and O–H groups in total. The van der Waals surface area contributed by atoms with Crippen LogP contribution in [-0.4, -0.2) is 34.5 Å². The Kier molecular flexibility index (Phi) is 4.15. The summed E-state index contributed by atoms with van der Waals surface area (Å²) in [4.78, 5) is 26.8. The molecule has 1 fully saturated rings. The molecule has 0 aromatic heterocycles. The summed E-state index contributed by atoms with van der Waals surface area (Å²) in [5.41, 5.74) is -0.351. The number of hydrogen-bond donors (Lipinski definition) is 1. The molecule has 3 rings (SSSR count). The van der Waals surface area contributed by atoms with Crippen LogP contribution in [0.1, 0.15) is 55.5 Å².